The van der Waals surface area contributed by atoms with E-state index in [1.54, 1.807) is 0 Å². The van der Waals surface area contributed by atoms with Gasteiger partial charge >= 0.3 is 0 Å². The molecule has 222 valence electrons. The standard InChI is InChI=1S/C33H56N4O.ClH/c1-2-3-4-5-6-7-8-9-10-11-12-13-14-15-16-17-18-19-20-21-22-23-25-33(38)35-27-24-28-36-30-31-37(32-36)29-26-34;/h13-16,30-32H,2-12,17-25,27-29H2,1H3;1H. The Morgan fingerprint density at radius 1 is 0.821 bits per heavy atom. The molecule has 1 rings (SSSR count). The number of amides is 1. The van der Waals surface area contributed by atoms with E-state index in [4.69, 9.17) is 5.26 Å². The van der Waals surface area contributed by atoms with Crippen LogP contribution in [0.25, 0.3) is 0 Å². The molecule has 39 heavy (non-hydrogen) atoms. The molecule has 0 saturated carbocycles. The Labute approximate surface area is 246 Å². The number of carbonyl (C=O) groups is 1. The Balaban J connectivity index is 0.0000144. The van der Waals surface area contributed by atoms with E-state index in [1.807, 2.05) is 23.3 Å². The van der Waals surface area contributed by atoms with Crippen molar-refractivity contribution in [3.8, 4) is 6.07 Å². The highest BCUT2D eigenvalue weighted by Gasteiger charge is 2.04. The summed E-state index contributed by atoms with van der Waals surface area (Å²) in [7, 11) is 0. The van der Waals surface area contributed by atoms with Crippen molar-refractivity contribution in [2.75, 3.05) is 6.54 Å². The Bertz CT molecular complexity index is 781. The number of hydrogen-bond acceptors (Lipinski definition) is 2. The molecule has 1 N–H and O–H groups in total. The quantitative estimate of drug-likeness (QED) is 0.0942. The first kappa shape index (κ1) is 36.9. The average Bonchev–Trinajstić information content (AvgIpc) is 3.37. The smallest absolute Gasteiger partial charge is 0.244 e. The molecule has 1 heterocycles. The van der Waals surface area contributed by atoms with Crippen LogP contribution in [0.15, 0.2) is 43.0 Å². The normalized spacial score (nSPS) is 11.2. The van der Waals surface area contributed by atoms with Gasteiger partial charge in [0.05, 0.1) is 6.54 Å². The lowest BCUT2D eigenvalue weighted by atomic mass is 10.1. The molecule has 1 amide bonds. The van der Waals surface area contributed by atoms with Crippen molar-refractivity contribution in [1.82, 2.24) is 9.88 Å². The molecule has 0 aromatic carbocycles. The first-order valence-corrected chi connectivity index (χ1v) is 15.8. The van der Waals surface area contributed by atoms with Crippen LogP contribution in [0.4, 0.5) is 0 Å². The first-order valence-electron chi connectivity index (χ1n) is 15.8. The molecule has 6 heteroatoms. The van der Waals surface area contributed by atoms with Gasteiger partial charge in [0.15, 0.2) is 6.54 Å². The first-order chi connectivity index (χ1) is 18.8. The molecule has 1 aromatic rings. The van der Waals surface area contributed by atoms with Gasteiger partial charge in [0, 0.05) is 19.4 Å². The van der Waals surface area contributed by atoms with Crippen LogP contribution >= 0.6 is 0 Å². The SMILES string of the molecule is CCCCCCCCCCCCC=CC=CCCCCCCCCC(=O)NCCCn1cc[n+](CC#N)c1.[Cl-]. The van der Waals surface area contributed by atoms with Gasteiger partial charge in [-0.05, 0) is 32.1 Å². The predicted octanol–water partition coefficient (Wildman–Crippen LogP) is 5.35. The highest BCUT2D eigenvalue weighted by molar-refractivity contribution is 5.75. The van der Waals surface area contributed by atoms with Crippen molar-refractivity contribution in [2.24, 2.45) is 0 Å². The van der Waals surface area contributed by atoms with E-state index in [1.165, 1.54) is 103 Å². The highest BCUT2D eigenvalue weighted by atomic mass is 35.5. The summed E-state index contributed by atoms with van der Waals surface area (Å²) in [5.74, 6) is 0.170. The third-order valence-corrected chi connectivity index (χ3v) is 7.05. The summed E-state index contributed by atoms with van der Waals surface area (Å²) >= 11 is 0. The van der Waals surface area contributed by atoms with Crippen molar-refractivity contribution >= 4 is 5.91 Å². The summed E-state index contributed by atoms with van der Waals surface area (Å²) in [6, 6.07) is 2.13. The number of nitriles is 1. The van der Waals surface area contributed by atoms with Crippen molar-refractivity contribution in [1.29, 1.82) is 5.26 Å². The van der Waals surface area contributed by atoms with Crippen LogP contribution in [0.3, 0.4) is 0 Å². The minimum Gasteiger partial charge on any atom is -1.00 e. The number of nitrogens with one attached hydrogen (secondary N) is 1. The van der Waals surface area contributed by atoms with Crippen LogP contribution in [0, 0.1) is 11.3 Å². The minimum atomic E-state index is 0. The van der Waals surface area contributed by atoms with E-state index in [9.17, 15) is 4.79 Å². The minimum absolute atomic E-state index is 0. The van der Waals surface area contributed by atoms with Crippen molar-refractivity contribution in [3.63, 3.8) is 0 Å². The molecule has 0 aliphatic rings. The van der Waals surface area contributed by atoms with E-state index in [0.717, 1.165) is 25.8 Å². The third kappa shape index (κ3) is 24.7. The van der Waals surface area contributed by atoms with Gasteiger partial charge in [-0.1, -0.05) is 115 Å². The number of imidazole rings is 1. The number of carbonyl (C=O) groups excluding carboxylic acids is 1. The zero-order valence-electron chi connectivity index (χ0n) is 24.9. The summed E-state index contributed by atoms with van der Waals surface area (Å²) in [5, 5.41) is 11.7. The van der Waals surface area contributed by atoms with E-state index in [0.29, 0.717) is 19.5 Å². The highest BCUT2D eigenvalue weighted by Crippen LogP contribution is 2.12. The summed E-state index contributed by atoms with van der Waals surface area (Å²) in [6.07, 6.45) is 40.0. The molecule has 0 bridgehead atoms. The molecule has 1 aromatic heterocycles. The maximum Gasteiger partial charge on any atom is 0.244 e. The van der Waals surface area contributed by atoms with Gasteiger partial charge in [-0.3, -0.25) is 4.79 Å². The number of aryl methyl sites for hydroxylation is 1. The number of unbranched alkanes of at least 4 members (excludes halogenated alkanes) is 16. The number of rotatable bonds is 26. The Hall–Kier alpha value is -2.06. The summed E-state index contributed by atoms with van der Waals surface area (Å²) in [5.41, 5.74) is 0. The molecule has 0 saturated heterocycles. The zero-order valence-corrected chi connectivity index (χ0v) is 25.7. The average molecular weight is 561 g/mol. The van der Waals surface area contributed by atoms with Crippen molar-refractivity contribution in [2.45, 2.75) is 148 Å². The van der Waals surface area contributed by atoms with Crippen LogP contribution in [0.2, 0.25) is 0 Å². The third-order valence-electron chi connectivity index (χ3n) is 7.05. The fourth-order valence-corrected chi connectivity index (χ4v) is 4.68. The summed E-state index contributed by atoms with van der Waals surface area (Å²) in [4.78, 5) is 12.0. The molecule has 0 fully saturated rings. The van der Waals surface area contributed by atoms with E-state index < -0.39 is 0 Å². The van der Waals surface area contributed by atoms with Crippen molar-refractivity contribution < 1.29 is 21.8 Å². The lowest BCUT2D eigenvalue weighted by Gasteiger charge is -2.04. The molecule has 0 atom stereocenters. The monoisotopic (exact) mass is 560 g/mol. The van der Waals surface area contributed by atoms with Crippen LogP contribution in [0.5, 0.6) is 0 Å². The van der Waals surface area contributed by atoms with Crippen LogP contribution in [0.1, 0.15) is 135 Å². The maximum absolute atomic E-state index is 12.0. The van der Waals surface area contributed by atoms with E-state index >= 15 is 0 Å². The Morgan fingerprint density at radius 3 is 1.92 bits per heavy atom. The molecule has 0 spiro atoms. The Morgan fingerprint density at radius 2 is 1.36 bits per heavy atom. The Kier molecular flexibility index (Phi) is 27.4. The number of hydrogen-bond donors (Lipinski definition) is 1. The van der Waals surface area contributed by atoms with Gasteiger partial charge in [-0.25, -0.2) is 9.13 Å². The van der Waals surface area contributed by atoms with Crippen LogP contribution in [-0.4, -0.2) is 17.0 Å². The van der Waals surface area contributed by atoms with Crippen LogP contribution in [-0.2, 0) is 17.9 Å². The zero-order chi connectivity index (χ0) is 27.4. The molecule has 5 nitrogen and oxygen atoms in total. The van der Waals surface area contributed by atoms with Gasteiger partial charge in [0.2, 0.25) is 12.2 Å². The fourth-order valence-electron chi connectivity index (χ4n) is 4.68. The van der Waals surface area contributed by atoms with Gasteiger partial charge in [0.1, 0.15) is 18.5 Å². The van der Waals surface area contributed by atoms with Gasteiger partial charge in [0.25, 0.3) is 0 Å². The van der Waals surface area contributed by atoms with E-state index in [-0.39, 0.29) is 18.3 Å². The van der Waals surface area contributed by atoms with Gasteiger partial charge < -0.3 is 17.7 Å². The van der Waals surface area contributed by atoms with Gasteiger partial charge in [-0.15, -0.1) is 0 Å². The molecule has 0 aliphatic carbocycles. The van der Waals surface area contributed by atoms with E-state index in [2.05, 4.69) is 47.2 Å². The lowest BCUT2D eigenvalue weighted by Crippen LogP contribution is -3.00. The van der Waals surface area contributed by atoms with Crippen LogP contribution < -0.4 is 22.3 Å². The molecule has 0 radical (unpaired) electrons. The second-order valence-corrected chi connectivity index (χ2v) is 10.7. The lowest BCUT2D eigenvalue weighted by molar-refractivity contribution is -0.684. The molecule has 0 aliphatic heterocycles. The predicted molar refractivity (Wildman–Crippen MR) is 160 cm³/mol. The number of aromatic nitrogens is 2. The molecular weight excluding hydrogens is 504 g/mol. The topological polar surface area (TPSA) is 61.7 Å². The number of halogens is 1. The molecular formula is C33H57ClN4O. The second kappa shape index (κ2) is 28.9. The molecule has 0 unspecified atom stereocenters. The largest absolute Gasteiger partial charge is 1.00 e. The van der Waals surface area contributed by atoms with Crippen molar-refractivity contribution in [3.05, 3.63) is 43.0 Å². The summed E-state index contributed by atoms with van der Waals surface area (Å²) in [6.45, 7) is 4.21. The second-order valence-electron chi connectivity index (χ2n) is 10.7. The number of allylic oxidation sites excluding steroid dienone is 4. The maximum atomic E-state index is 12.0. The number of nitrogens with zero attached hydrogens (tertiary/aromatic N) is 3. The van der Waals surface area contributed by atoms with Gasteiger partial charge in [-0.2, -0.15) is 5.26 Å². The fraction of sp³-hybridized carbons (Fsp3) is 0.727. The summed E-state index contributed by atoms with van der Waals surface area (Å²) < 4.78 is 3.91.